The molecule has 0 aliphatic carbocycles. The van der Waals surface area contributed by atoms with Crippen molar-refractivity contribution in [3.63, 3.8) is 0 Å². The molecule has 102 valence electrons. The van der Waals surface area contributed by atoms with Crippen LogP contribution >= 0.6 is 15.9 Å². The van der Waals surface area contributed by atoms with E-state index in [-0.39, 0.29) is 10.6 Å². The van der Waals surface area contributed by atoms with Crippen molar-refractivity contribution >= 4 is 31.6 Å². The van der Waals surface area contributed by atoms with Crippen LogP contribution in [0.1, 0.15) is 18.5 Å². The fourth-order valence-electron chi connectivity index (χ4n) is 1.63. The van der Waals surface area contributed by atoms with Crippen LogP contribution < -0.4 is 10.5 Å². The van der Waals surface area contributed by atoms with Gasteiger partial charge < -0.3 is 5.73 Å². The highest BCUT2D eigenvalue weighted by Crippen LogP contribution is 2.24. The van der Waals surface area contributed by atoms with Crippen LogP contribution in [0.5, 0.6) is 0 Å². The lowest BCUT2D eigenvalue weighted by molar-refractivity contribution is 0.567. The van der Waals surface area contributed by atoms with Crippen LogP contribution in [0.25, 0.3) is 0 Å². The van der Waals surface area contributed by atoms with Gasteiger partial charge in [0, 0.05) is 22.3 Å². The number of hydrogen-bond donors (Lipinski definition) is 3. The zero-order chi connectivity index (χ0) is 14.0. The average Bonchev–Trinajstić information content (AvgIpc) is 2.80. The largest absolute Gasteiger partial charge is 0.398 e. The number of halogens is 1. The number of H-pyrrole nitrogens is 1. The Bertz CT molecular complexity index is 670. The van der Waals surface area contributed by atoms with Crippen molar-refractivity contribution in [2.75, 3.05) is 5.73 Å². The number of nitrogens with zero attached hydrogens (tertiary/aromatic N) is 1. The zero-order valence-corrected chi connectivity index (χ0v) is 12.5. The monoisotopic (exact) mass is 344 g/mol. The first-order chi connectivity index (χ1) is 8.90. The van der Waals surface area contributed by atoms with E-state index in [0.29, 0.717) is 0 Å². The molecule has 0 amide bonds. The average molecular weight is 345 g/mol. The fourth-order valence-corrected chi connectivity index (χ4v) is 3.35. The van der Waals surface area contributed by atoms with Gasteiger partial charge in [-0.2, -0.15) is 5.10 Å². The molecule has 0 fully saturated rings. The molecule has 2 aromatic rings. The molecular formula is C11H13BrN4O2S. The van der Waals surface area contributed by atoms with Crippen LogP contribution in [0.3, 0.4) is 0 Å². The lowest BCUT2D eigenvalue weighted by atomic mass is 10.2. The third-order valence-corrected chi connectivity index (χ3v) is 4.72. The highest BCUT2D eigenvalue weighted by atomic mass is 79.9. The van der Waals surface area contributed by atoms with E-state index < -0.39 is 16.1 Å². The molecule has 8 heteroatoms. The van der Waals surface area contributed by atoms with Crippen LogP contribution in [0, 0.1) is 0 Å². The molecule has 1 heterocycles. The predicted molar refractivity (Wildman–Crippen MR) is 75.9 cm³/mol. The molecule has 0 saturated carbocycles. The van der Waals surface area contributed by atoms with Crippen molar-refractivity contribution in [3.05, 3.63) is 40.6 Å². The first-order valence-electron chi connectivity index (χ1n) is 5.46. The van der Waals surface area contributed by atoms with Gasteiger partial charge in [0.15, 0.2) is 0 Å². The summed E-state index contributed by atoms with van der Waals surface area (Å²) in [6.07, 6.45) is 3.20. The summed E-state index contributed by atoms with van der Waals surface area (Å²) in [7, 11) is -3.67. The van der Waals surface area contributed by atoms with E-state index in [1.807, 2.05) is 0 Å². The van der Waals surface area contributed by atoms with Gasteiger partial charge in [0.2, 0.25) is 10.0 Å². The quantitative estimate of drug-likeness (QED) is 0.736. The molecule has 0 bridgehead atoms. The summed E-state index contributed by atoms with van der Waals surface area (Å²) >= 11 is 3.24. The van der Waals surface area contributed by atoms with Gasteiger partial charge in [-0.05, 0) is 25.1 Å². The second-order valence-corrected chi connectivity index (χ2v) is 6.65. The lowest BCUT2D eigenvalue weighted by Gasteiger charge is -2.14. The third kappa shape index (κ3) is 3.14. The maximum Gasteiger partial charge on any atom is 0.243 e. The van der Waals surface area contributed by atoms with Gasteiger partial charge >= 0.3 is 0 Å². The molecule has 0 radical (unpaired) electrons. The minimum atomic E-state index is -3.67. The maximum atomic E-state index is 12.2. The fraction of sp³-hybridized carbons (Fsp3) is 0.182. The number of rotatable bonds is 4. The number of benzene rings is 1. The number of sulfonamides is 1. The predicted octanol–water partition coefficient (Wildman–Crippen LogP) is 1.79. The topological polar surface area (TPSA) is 101 Å². The Morgan fingerprint density at radius 2 is 2.21 bits per heavy atom. The number of nitrogens with two attached hydrogens (primary N) is 1. The number of nitrogens with one attached hydrogen (secondary N) is 2. The summed E-state index contributed by atoms with van der Waals surface area (Å²) in [4.78, 5) is 0.0612. The molecule has 0 aliphatic rings. The van der Waals surface area contributed by atoms with Crippen molar-refractivity contribution < 1.29 is 8.42 Å². The van der Waals surface area contributed by atoms with Crippen LogP contribution in [0.15, 0.2) is 40.0 Å². The Morgan fingerprint density at radius 1 is 1.47 bits per heavy atom. The van der Waals surface area contributed by atoms with E-state index in [4.69, 9.17) is 5.73 Å². The zero-order valence-electron chi connectivity index (χ0n) is 10.1. The van der Waals surface area contributed by atoms with Crippen LogP contribution in [-0.2, 0) is 10.0 Å². The Morgan fingerprint density at radius 3 is 2.79 bits per heavy atom. The molecule has 1 aromatic carbocycles. The van der Waals surface area contributed by atoms with Crippen molar-refractivity contribution in [2.24, 2.45) is 0 Å². The molecule has 1 aromatic heterocycles. The van der Waals surface area contributed by atoms with Crippen molar-refractivity contribution in [3.8, 4) is 0 Å². The lowest BCUT2D eigenvalue weighted by Crippen LogP contribution is -2.27. The molecule has 19 heavy (non-hydrogen) atoms. The summed E-state index contributed by atoms with van der Waals surface area (Å²) in [6, 6.07) is 4.25. The summed E-state index contributed by atoms with van der Waals surface area (Å²) in [6.45, 7) is 1.73. The Kier molecular flexibility index (Phi) is 3.93. The standard InChI is InChI=1S/C11H13BrN4O2S/c1-7(8-5-14-15-6-8)16-19(17,18)11-3-2-9(12)4-10(11)13/h2-7,16H,13H2,1H3,(H,14,15). The van der Waals surface area contributed by atoms with Gasteiger partial charge in [-0.1, -0.05) is 15.9 Å². The highest BCUT2D eigenvalue weighted by Gasteiger charge is 2.21. The van der Waals surface area contributed by atoms with Gasteiger partial charge in [0.05, 0.1) is 11.9 Å². The van der Waals surface area contributed by atoms with Crippen molar-refractivity contribution in [2.45, 2.75) is 17.9 Å². The van der Waals surface area contributed by atoms with Gasteiger partial charge in [0.25, 0.3) is 0 Å². The Hall–Kier alpha value is -1.38. The number of anilines is 1. The summed E-state index contributed by atoms with van der Waals surface area (Å²) in [5, 5.41) is 6.42. The summed E-state index contributed by atoms with van der Waals surface area (Å²) < 4.78 is 27.7. The summed E-state index contributed by atoms with van der Waals surface area (Å²) in [5.41, 5.74) is 6.68. The van der Waals surface area contributed by atoms with Crippen molar-refractivity contribution in [1.29, 1.82) is 0 Å². The minimum Gasteiger partial charge on any atom is -0.398 e. The molecule has 6 nitrogen and oxygen atoms in total. The van der Waals surface area contributed by atoms with Gasteiger partial charge in [-0.25, -0.2) is 13.1 Å². The number of aromatic nitrogens is 2. The Labute approximate surface area is 119 Å². The highest BCUT2D eigenvalue weighted by molar-refractivity contribution is 9.10. The van der Waals surface area contributed by atoms with E-state index in [2.05, 4.69) is 30.8 Å². The first-order valence-corrected chi connectivity index (χ1v) is 7.74. The van der Waals surface area contributed by atoms with Gasteiger partial charge in [-0.15, -0.1) is 0 Å². The number of hydrogen-bond acceptors (Lipinski definition) is 4. The molecule has 1 atom stereocenters. The molecule has 2 rings (SSSR count). The van der Waals surface area contributed by atoms with Gasteiger partial charge in [0.1, 0.15) is 4.90 Å². The molecule has 4 N–H and O–H groups in total. The smallest absolute Gasteiger partial charge is 0.243 e. The second-order valence-electron chi connectivity index (χ2n) is 4.06. The number of aromatic amines is 1. The van der Waals surface area contributed by atoms with E-state index in [9.17, 15) is 8.42 Å². The van der Waals surface area contributed by atoms with E-state index in [0.717, 1.165) is 10.0 Å². The molecule has 0 aliphatic heterocycles. The minimum absolute atomic E-state index is 0.0612. The Balaban J connectivity index is 2.28. The maximum absolute atomic E-state index is 12.2. The van der Waals surface area contributed by atoms with E-state index in [1.54, 1.807) is 31.5 Å². The molecular weight excluding hydrogens is 332 g/mol. The SMILES string of the molecule is CC(NS(=O)(=O)c1ccc(Br)cc1N)c1cn[nH]c1. The summed E-state index contributed by atoms with van der Waals surface area (Å²) in [5.74, 6) is 0. The van der Waals surface area contributed by atoms with E-state index in [1.165, 1.54) is 6.07 Å². The molecule has 0 spiro atoms. The molecule has 1 unspecified atom stereocenters. The first kappa shape index (κ1) is 14.0. The second kappa shape index (κ2) is 5.32. The van der Waals surface area contributed by atoms with E-state index >= 15 is 0 Å². The van der Waals surface area contributed by atoms with Crippen molar-refractivity contribution in [1.82, 2.24) is 14.9 Å². The normalized spacial score (nSPS) is 13.4. The van der Waals surface area contributed by atoms with Crippen LogP contribution in [0.2, 0.25) is 0 Å². The third-order valence-electron chi connectivity index (χ3n) is 2.61. The van der Waals surface area contributed by atoms with Crippen LogP contribution in [-0.4, -0.2) is 18.6 Å². The van der Waals surface area contributed by atoms with Crippen LogP contribution in [0.4, 0.5) is 5.69 Å². The molecule has 0 saturated heterocycles. The number of nitrogen functional groups attached to an aromatic ring is 1. The van der Waals surface area contributed by atoms with Gasteiger partial charge in [-0.3, -0.25) is 5.10 Å².